The molecule has 0 aliphatic carbocycles. The summed E-state index contributed by atoms with van der Waals surface area (Å²) < 4.78 is 6.98. The lowest BCUT2D eigenvalue weighted by Gasteiger charge is -2.07. The quantitative estimate of drug-likeness (QED) is 0.550. The number of methoxy groups -OCH3 is 1. The average molecular weight is 447 g/mol. The van der Waals surface area contributed by atoms with Crippen LogP contribution in [0.25, 0.3) is 0 Å². The minimum absolute atomic E-state index is 0.323. The predicted octanol–water partition coefficient (Wildman–Crippen LogP) is 4.64. The molecule has 0 heterocycles. The van der Waals surface area contributed by atoms with Gasteiger partial charge in [0.15, 0.2) is 0 Å². The van der Waals surface area contributed by atoms with Gasteiger partial charge in [0.25, 0.3) is 5.91 Å². The molecule has 0 radical (unpaired) electrons. The molecule has 0 atom stereocenters. The lowest BCUT2D eigenvalue weighted by Crippen LogP contribution is -2.18. The lowest BCUT2D eigenvalue weighted by molar-refractivity contribution is 0.0952. The number of hydrogen-bond acceptors (Lipinski definition) is 3. The standard InChI is InChI=1S/C15H11Br2ClN2O2/c1-22-14-5-3-10(18)7-11(14)15(21)20-19-8-9-2-4-12(16)13(17)6-9/h2-8H,1H3,(H,20,21). The van der Waals surface area contributed by atoms with Crippen molar-refractivity contribution in [3.8, 4) is 5.75 Å². The summed E-state index contributed by atoms with van der Waals surface area (Å²) in [7, 11) is 1.49. The van der Waals surface area contributed by atoms with Gasteiger partial charge in [0.05, 0.1) is 18.9 Å². The highest BCUT2D eigenvalue weighted by molar-refractivity contribution is 9.13. The number of amides is 1. The number of halogens is 3. The van der Waals surface area contributed by atoms with Crippen molar-refractivity contribution in [3.05, 3.63) is 61.5 Å². The van der Waals surface area contributed by atoms with Crippen molar-refractivity contribution in [2.24, 2.45) is 5.10 Å². The molecule has 1 N–H and O–H groups in total. The molecule has 0 bridgehead atoms. The van der Waals surface area contributed by atoms with E-state index in [1.165, 1.54) is 13.2 Å². The highest BCUT2D eigenvalue weighted by Crippen LogP contribution is 2.23. The molecule has 2 rings (SSSR count). The van der Waals surface area contributed by atoms with Crippen molar-refractivity contribution in [1.82, 2.24) is 5.43 Å². The molecule has 2 aromatic carbocycles. The molecule has 0 saturated heterocycles. The zero-order chi connectivity index (χ0) is 16.1. The Bertz CT molecular complexity index is 735. The number of nitrogens with zero attached hydrogens (tertiary/aromatic N) is 1. The Hall–Kier alpha value is -1.37. The van der Waals surface area contributed by atoms with Gasteiger partial charge in [-0.1, -0.05) is 17.7 Å². The fourth-order valence-electron chi connectivity index (χ4n) is 1.68. The number of hydrazone groups is 1. The molecule has 7 heteroatoms. The highest BCUT2D eigenvalue weighted by Gasteiger charge is 2.12. The third-order valence-corrected chi connectivity index (χ3v) is 4.84. The Labute approximate surface area is 149 Å². The summed E-state index contributed by atoms with van der Waals surface area (Å²) in [6, 6.07) is 10.4. The van der Waals surface area contributed by atoms with Gasteiger partial charge in [-0.05, 0) is 67.8 Å². The van der Waals surface area contributed by atoms with E-state index in [1.807, 2.05) is 18.2 Å². The van der Waals surface area contributed by atoms with E-state index in [0.717, 1.165) is 14.5 Å². The van der Waals surface area contributed by atoms with Gasteiger partial charge >= 0.3 is 0 Å². The summed E-state index contributed by atoms with van der Waals surface area (Å²) in [4.78, 5) is 12.1. The summed E-state index contributed by atoms with van der Waals surface area (Å²) in [6.07, 6.45) is 1.55. The molecule has 0 saturated carbocycles. The number of rotatable bonds is 4. The lowest BCUT2D eigenvalue weighted by atomic mass is 10.2. The molecule has 22 heavy (non-hydrogen) atoms. The second-order valence-electron chi connectivity index (χ2n) is 4.22. The minimum atomic E-state index is -0.397. The topological polar surface area (TPSA) is 50.7 Å². The molecule has 1 amide bonds. The van der Waals surface area contributed by atoms with Crippen LogP contribution in [-0.4, -0.2) is 19.2 Å². The molecule has 114 valence electrons. The third kappa shape index (κ3) is 4.32. The van der Waals surface area contributed by atoms with Crippen molar-refractivity contribution >= 4 is 55.6 Å². The van der Waals surface area contributed by atoms with Crippen LogP contribution in [0, 0.1) is 0 Å². The molecular formula is C15H11Br2ClN2O2. The van der Waals surface area contributed by atoms with Gasteiger partial charge in [0, 0.05) is 14.0 Å². The van der Waals surface area contributed by atoms with Crippen LogP contribution >= 0.6 is 43.5 Å². The Balaban J connectivity index is 2.11. The summed E-state index contributed by atoms with van der Waals surface area (Å²) in [5.41, 5.74) is 3.61. The van der Waals surface area contributed by atoms with Crippen LogP contribution in [0.15, 0.2) is 50.4 Å². The number of nitrogens with one attached hydrogen (secondary N) is 1. The summed E-state index contributed by atoms with van der Waals surface area (Å²) in [5, 5.41) is 4.39. The second kappa shape index (κ2) is 7.76. The number of carbonyl (C=O) groups excluding carboxylic acids is 1. The Kier molecular flexibility index (Phi) is 5.99. The van der Waals surface area contributed by atoms with Gasteiger partial charge in [-0.3, -0.25) is 4.79 Å². The predicted molar refractivity (Wildman–Crippen MR) is 94.9 cm³/mol. The van der Waals surface area contributed by atoms with Gasteiger partial charge in [-0.25, -0.2) is 5.43 Å². The molecule has 4 nitrogen and oxygen atoms in total. The molecule has 2 aromatic rings. The first-order chi connectivity index (χ1) is 10.5. The van der Waals surface area contributed by atoms with Crippen molar-refractivity contribution in [1.29, 1.82) is 0 Å². The van der Waals surface area contributed by atoms with Crippen LogP contribution in [0.4, 0.5) is 0 Å². The number of benzene rings is 2. The number of ether oxygens (including phenoxy) is 1. The highest BCUT2D eigenvalue weighted by atomic mass is 79.9. The van der Waals surface area contributed by atoms with Crippen molar-refractivity contribution in [2.75, 3.05) is 7.11 Å². The molecule has 0 spiro atoms. The van der Waals surface area contributed by atoms with Crippen LogP contribution < -0.4 is 10.2 Å². The first-order valence-corrected chi connectivity index (χ1v) is 8.09. The van der Waals surface area contributed by atoms with Crippen LogP contribution in [0.1, 0.15) is 15.9 Å². The average Bonchev–Trinajstić information content (AvgIpc) is 2.50. The van der Waals surface area contributed by atoms with Gasteiger partial charge in [-0.2, -0.15) is 5.10 Å². The van der Waals surface area contributed by atoms with Crippen molar-refractivity contribution in [2.45, 2.75) is 0 Å². The van der Waals surface area contributed by atoms with E-state index in [4.69, 9.17) is 16.3 Å². The molecule has 0 fully saturated rings. The van der Waals surface area contributed by atoms with Crippen molar-refractivity contribution in [3.63, 3.8) is 0 Å². The van der Waals surface area contributed by atoms with Gasteiger partial charge in [-0.15, -0.1) is 0 Å². The maximum absolute atomic E-state index is 12.1. The fraction of sp³-hybridized carbons (Fsp3) is 0.0667. The fourth-order valence-corrected chi connectivity index (χ4v) is 2.49. The monoisotopic (exact) mass is 444 g/mol. The first kappa shape index (κ1) is 17.0. The second-order valence-corrected chi connectivity index (χ2v) is 6.36. The zero-order valence-electron chi connectivity index (χ0n) is 11.4. The molecular weight excluding hydrogens is 435 g/mol. The Morgan fingerprint density at radius 1 is 1.23 bits per heavy atom. The van der Waals surface area contributed by atoms with E-state index in [1.54, 1.807) is 18.3 Å². The van der Waals surface area contributed by atoms with Gasteiger partial charge < -0.3 is 4.74 Å². The largest absolute Gasteiger partial charge is 0.496 e. The number of hydrogen-bond donors (Lipinski definition) is 1. The Morgan fingerprint density at radius 2 is 2.00 bits per heavy atom. The van der Waals surface area contributed by atoms with E-state index < -0.39 is 5.91 Å². The maximum atomic E-state index is 12.1. The molecule has 0 aliphatic rings. The van der Waals surface area contributed by atoms with Crippen LogP contribution in [0.3, 0.4) is 0 Å². The van der Waals surface area contributed by atoms with E-state index in [9.17, 15) is 4.79 Å². The smallest absolute Gasteiger partial charge is 0.275 e. The van der Waals surface area contributed by atoms with Crippen LogP contribution in [0.5, 0.6) is 5.75 Å². The third-order valence-electron chi connectivity index (χ3n) is 2.73. The maximum Gasteiger partial charge on any atom is 0.275 e. The minimum Gasteiger partial charge on any atom is -0.496 e. The van der Waals surface area contributed by atoms with E-state index in [-0.39, 0.29) is 0 Å². The van der Waals surface area contributed by atoms with Crippen molar-refractivity contribution < 1.29 is 9.53 Å². The van der Waals surface area contributed by atoms with Gasteiger partial charge in [0.1, 0.15) is 5.75 Å². The van der Waals surface area contributed by atoms with E-state index in [2.05, 4.69) is 42.4 Å². The van der Waals surface area contributed by atoms with Crippen LogP contribution in [0.2, 0.25) is 5.02 Å². The zero-order valence-corrected chi connectivity index (χ0v) is 15.4. The van der Waals surface area contributed by atoms with Crippen LogP contribution in [-0.2, 0) is 0 Å². The van der Waals surface area contributed by atoms with E-state index >= 15 is 0 Å². The SMILES string of the molecule is COc1ccc(Cl)cc1C(=O)NN=Cc1ccc(Br)c(Br)c1. The normalized spacial score (nSPS) is 10.7. The molecule has 0 aliphatic heterocycles. The molecule has 0 unspecified atom stereocenters. The summed E-state index contributed by atoms with van der Waals surface area (Å²) in [5.74, 6) is 0.0373. The molecule has 0 aromatic heterocycles. The summed E-state index contributed by atoms with van der Waals surface area (Å²) >= 11 is 12.7. The summed E-state index contributed by atoms with van der Waals surface area (Å²) in [6.45, 7) is 0. The Morgan fingerprint density at radius 3 is 2.68 bits per heavy atom. The van der Waals surface area contributed by atoms with E-state index in [0.29, 0.717) is 16.3 Å². The van der Waals surface area contributed by atoms with Gasteiger partial charge in [0.2, 0.25) is 0 Å². The number of carbonyl (C=O) groups is 1. The first-order valence-electron chi connectivity index (χ1n) is 6.13.